The molecule has 1 aliphatic carbocycles. The van der Waals surface area contributed by atoms with E-state index >= 15 is 0 Å². The molecular formula is C26H26N6. The molecule has 0 radical (unpaired) electrons. The zero-order chi connectivity index (χ0) is 22.3. The van der Waals surface area contributed by atoms with E-state index in [1.54, 1.807) is 31.0 Å². The van der Waals surface area contributed by atoms with Crippen LogP contribution in [-0.2, 0) is 0 Å². The summed E-state index contributed by atoms with van der Waals surface area (Å²) in [4.78, 5) is 17.6. The van der Waals surface area contributed by atoms with Gasteiger partial charge < -0.3 is 0 Å². The fourth-order valence-electron chi connectivity index (χ4n) is 3.96. The second-order valence-electron chi connectivity index (χ2n) is 7.95. The summed E-state index contributed by atoms with van der Waals surface area (Å²) in [6.07, 6.45) is 17.8. The highest BCUT2D eigenvalue weighted by molar-refractivity contribution is 5.88. The molecule has 3 aromatic heterocycles. The van der Waals surface area contributed by atoms with Gasteiger partial charge in [0.05, 0.1) is 24.3 Å². The number of aromatic nitrogens is 5. The Morgan fingerprint density at radius 3 is 2.56 bits per heavy atom. The minimum absolute atomic E-state index is 0.696. The fraction of sp³-hybridized carbons (Fsp3) is 0.231. The first-order chi connectivity index (χ1) is 15.6. The average Bonchev–Trinajstić information content (AvgIpc) is 2.80. The molecule has 4 rings (SSSR count). The molecule has 0 bridgehead atoms. The number of hydrogen-bond donors (Lipinski definition) is 0. The van der Waals surface area contributed by atoms with Crippen molar-refractivity contribution in [1.82, 2.24) is 25.1 Å². The fourth-order valence-corrected chi connectivity index (χ4v) is 3.96. The first-order valence-corrected chi connectivity index (χ1v) is 10.7. The van der Waals surface area contributed by atoms with Gasteiger partial charge in [0, 0.05) is 41.8 Å². The Labute approximate surface area is 188 Å². The summed E-state index contributed by atoms with van der Waals surface area (Å²) in [5, 5.41) is 7.98. The number of nitrogens with zero attached hydrogens (tertiary/aromatic N) is 6. The molecule has 3 heterocycles. The largest absolute Gasteiger partial charge is 0.261 e. The third-order valence-electron chi connectivity index (χ3n) is 5.39. The van der Waals surface area contributed by atoms with Crippen LogP contribution < -0.4 is 0 Å². The number of aliphatic imine (C=N–C) groups is 1. The number of pyridine rings is 1. The maximum atomic E-state index is 4.73. The zero-order valence-corrected chi connectivity index (χ0v) is 18.7. The van der Waals surface area contributed by atoms with Crippen molar-refractivity contribution in [2.75, 3.05) is 0 Å². The molecule has 0 N–H and O–H groups in total. The Bertz CT molecular complexity index is 1190. The number of hydrogen-bond acceptors (Lipinski definition) is 6. The predicted octanol–water partition coefficient (Wildman–Crippen LogP) is 5.95. The molecule has 1 aliphatic rings. The van der Waals surface area contributed by atoms with Crippen LogP contribution in [-0.4, -0.2) is 30.9 Å². The van der Waals surface area contributed by atoms with Crippen LogP contribution in [0, 0.1) is 0 Å². The molecule has 0 saturated carbocycles. The van der Waals surface area contributed by atoms with Gasteiger partial charge in [0.15, 0.2) is 5.82 Å². The molecule has 6 nitrogen and oxygen atoms in total. The highest BCUT2D eigenvalue weighted by Crippen LogP contribution is 2.31. The second kappa shape index (κ2) is 10.0. The van der Waals surface area contributed by atoms with Crippen molar-refractivity contribution in [3.8, 4) is 11.3 Å². The van der Waals surface area contributed by atoms with Crippen LogP contribution in [0.1, 0.15) is 45.6 Å². The van der Waals surface area contributed by atoms with Crippen LogP contribution in [0.25, 0.3) is 16.8 Å². The predicted molar refractivity (Wildman–Crippen MR) is 128 cm³/mol. The Morgan fingerprint density at radius 1 is 0.938 bits per heavy atom. The summed E-state index contributed by atoms with van der Waals surface area (Å²) in [7, 11) is 0. The summed E-state index contributed by atoms with van der Waals surface area (Å²) in [6, 6.07) is 5.92. The van der Waals surface area contributed by atoms with E-state index in [-0.39, 0.29) is 0 Å². The number of allylic oxidation sites excluding steroid dienone is 6. The summed E-state index contributed by atoms with van der Waals surface area (Å²) in [5.41, 5.74) is 9.01. The molecule has 0 fully saturated rings. The van der Waals surface area contributed by atoms with Gasteiger partial charge >= 0.3 is 0 Å². The molecule has 0 atom stereocenters. The van der Waals surface area contributed by atoms with Crippen LogP contribution >= 0.6 is 0 Å². The van der Waals surface area contributed by atoms with Crippen molar-refractivity contribution < 1.29 is 0 Å². The van der Waals surface area contributed by atoms with Gasteiger partial charge in [-0.05, 0) is 68.5 Å². The van der Waals surface area contributed by atoms with Gasteiger partial charge in [-0.1, -0.05) is 17.7 Å². The number of rotatable bonds is 5. The highest BCUT2D eigenvalue weighted by Gasteiger charge is 2.12. The lowest BCUT2D eigenvalue weighted by Crippen LogP contribution is -2.00. The first-order valence-electron chi connectivity index (χ1n) is 10.7. The summed E-state index contributed by atoms with van der Waals surface area (Å²) in [6.45, 7) is 6.42. The first kappa shape index (κ1) is 21.4. The lowest BCUT2D eigenvalue weighted by molar-refractivity contribution is 0.960. The maximum Gasteiger partial charge on any atom is 0.151 e. The highest BCUT2D eigenvalue weighted by atomic mass is 15.1. The van der Waals surface area contributed by atoms with Gasteiger partial charge in [-0.3, -0.25) is 9.97 Å². The molecule has 0 aliphatic heterocycles. The van der Waals surface area contributed by atoms with Crippen molar-refractivity contribution in [1.29, 1.82) is 0 Å². The van der Waals surface area contributed by atoms with E-state index in [4.69, 9.17) is 4.99 Å². The SMILES string of the molecule is CC1=CC(CC(C)=Nc2ccc(-c3cnccn3)cn2)=CCCC(C)=C1c1ccnnc1. The lowest BCUT2D eigenvalue weighted by atomic mass is 9.89. The van der Waals surface area contributed by atoms with Gasteiger partial charge in [-0.2, -0.15) is 10.2 Å². The second-order valence-corrected chi connectivity index (χ2v) is 7.95. The molecule has 160 valence electrons. The van der Waals surface area contributed by atoms with Crippen molar-refractivity contribution in [3.63, 3.8) is 0 Å². The minimum Gasteiger partial charge on any atom is -0.261 e. The van der Waals surface area contributed by atoms with Crippen LogP contribution in [0.2, 0.25) is 0 Å². The van der Waals surface area contributed by atoms with Gasteiger partial charge in [-0.15, -0.1) is 0 Å². The van der Waals surface area contributed by atoms with Crippen molar-refractivity contribution >= 4 is 17.1 Å². The third-order valence-corrected chi connectivity index (χ3v) is 5.39. The topological polar surface area (TPSA) is 76.8 Å². The quantitative estimate of drug-likeness (QED) is 0.475. The monoisotopic (exact) mass is 422 g/mol. The minimum atomic E-state index is 0.696. The van der Waals surface area contributed by atoms with Gasteiger partial charge in [0.2, 0.25) is 0 Å². The molecule has 0 unspecified atom stereocenters. The van der Waals surface area contributed by atoms with E-state index in [1.165, 1.54) is 22.3 Å². The molecule has 0 aromatic carbocycles. The smallest absolute Gasteiger partial charge is 0.151 e. The molecule has 0 spiro atoms. The van der Waals surface area contributed by atoms with Crippen LogP contribution in [0.3, 0.4) is 0 Å². The van der Waals surface area contributed by atoms with Crippen molar-refractivity contribution in [2.45, 2.75) is 40.0 Å². The van der Waals surface area contributed by atoms with Crippen molar-refractivity contribution in [3.05, 3.63) is 89.8 Å². The Balaban J connectivity index is 1.51. The van der Waals surface area contributed by atoms with E-state index < -0.39 is 0 Å². The van der Waals surface area contributed by atoms with Crippen LogP contribution in [0.4, 0.5) is 5.82 Å². The van der Waals surface area contributed by atoms with Gasteiger partial charge in [-0.25, -0.2) is 9.98 Å². The van der Waals surface area contributed by atoms with E-state index in [2.05, 4.69) is 58.1 Å². The lowest BCUT2D eigenvalue weighted by Gasteiger charge is -2.17. The molecule has 0 saturated heterocycles. The molecular weight excluding hydrogens is 396 g/mol. The molecule has 6 heteroatoms. The van der Waals surface area contributed by atoms with E-state index in [1.807, 2.05) is 24.4 Å². The van der Waals surface area contributed by atoms with E-state index in [0.29, 0.717) is 5.82 Å². The Kier molecular flexibility index (Phi) is 6.70. The van der Waals surface area contributed by atoms with Gasteiger partial charge in [0.25, 0.3) is 0 Å². The van der Waals surface area contributed by atoms with Gasteiger partial charge in [0.1, 0.15) is 0 Å². The molecule has 32 heavy (non-hydrogen) atoms. The maximum absolute atomic E-state index is 4.73. The van der Waals surface area contributed by atoms with E-state index in [9.17, 15) is 0 Å². The van der Waals surface area contributed by atoms with Crippen LogP contribution in [0.5, 0.6) is 0 Å². The summed E-state index contributed by atoms with van der Waals surface area (Å²) >= 11 is 0. The summed E-state index contributed by atoms with van der Waals surface area (Å²) in [5.74, 6) is 0.696. The van der Waals surface area contributed by atoms with E-state index in [0.717, 1.165) is 41.8 Å². The zero-order valence-electron chi connectivity index (χ0n) is 18.7. The molecule has 3 aromatic rings. The third kappa shape index (κ3) is 5.27. The normalized spacial score (nSPS) is 15.0. The van der Waals surface area contributed by atoms with Crippen LogP contribution in [0.15, 0.2) is 89.2 Å². The Hall–Kier alpha value is -3.80. The standard InChI is InChI=1S/C26H26N6/c1-18-5-4-6-21(13-19(2)26(18)23-9-10-30-31-16-23)14-20(3)32-25-8-7-22(15-29-25)24-17-27-11-12-28-24/h6-13,15-17H,4-5,14H2,1-3H3. The Morgan fingerprint density at radius 2 is 1.84 bits per heavy atom. The summed E-state index contributed by atoms with van der Waals surface area (Å²) < 4.78 is 0. The molecule has 0 amide bonds. The average molecular weight is 423 g/mol. The van der Waals surface area contributed by atoms with Crippen molar-refractivity contribution in [2.24, 2.45) is 4.99 Å².